The van der Waals surface area contributed by atoms with Crippen molar-refractivity contribution in [2.24, 2.45) is 0 Å². The van der Waals surface area contributed by atoms with Crippen molar-refractivity contribution in [3.05, 3.63) is 23.7 Å². The zero-order chi connectivity index (χ0) is 14.3. The average molecular weight is 294 g/mol. The van der Waals surface area contributed by atoms with Gasteiger partial charge in [-0.2, -0.15) is 0 Å². The van der Waals surface area contributed by atoms with Gasteiger partial charge in [-0.05, 0) is 45.2 Å². The van der Waals surface area contributed by atoms with E-state index in [9.17, 15) is 0 Å². The molecule has 3 heterocycles. The normalized spacial score (nSPS) is 25.0. The number of fused-ring (bicyclic) bond motifs is 1. The van der Waals surface area contributed by atoms with Crippen LogP contribution in [0.5, 0.6) is 0 Å². The van der Waals surface area contributed by atoms with Gasteiger partial charge >= 0.3 is 0 Å². The van der Waals surface area contributed by atoms with E-state index < -0.39 is 0 Å². The summed E-state index contributed by atoms with van der Waals surface area (Å²) in [5, 5.41) is -0.150. The molecule has 108 valence electrons. The van der Waals surface area contributed by atoms with Gasteiger partial charge in [0.2, 0.25) is 0 Å². The van der Waals surface area contributed by atoms with Crippen LogP contribution < -0.4 is 0 Å². The molecule has 0 spiro atoms. The molecular formula is C15H20ClN3O. The van der Waals surface area contributed by atoms with E-state index in [0.717, 1.165) is 42.0 Å². The molecule has 0 saturated carbocycles. The predicted octanol–water partition coefficient (Wildman–Crippen LogP) is 3.57. The SMILES string of the molecule is Cc1cnc2c(c1)nc(C(C)Cl)n2C1(C)CCCOC1. The first kappa shape index (κ1) is 13.8. The number of aryl methyl sites for hydroxylation is 1. The standard InChI is InChI=1S/C15H20ClN3O/c1-10-7-12-14(17-8-10)19(13(18-12)11(2)16)15(3)5-4-6-20-9-15/h7-8,11H,4-6,9H2,1-3H3. The lowest BCUT2D eigenvalue weighted by Gasteiger charge is -2.36. The summed E-state index contributed by atoms with van der Waals surface area (Å²) >= 11 is 6.35. The Bertz CT molecular complexity index is 629. The molecule has 0 amide bonds. The first-order valence-electron chi connectivity index (χ1n) is 7.08. The lowest BCUT2D eigenvalue weighted by atomic mass is 9.94. The molecule has 3 rings (SSSR count). The number of pyridine rings is 1. The molecule has 1 fully saturated rings. The van der Waals surface area contributed by atoms with Crippen molar-refractivity contribution in [2.75, 3.05) is 13.2 Å². The summed E-state index contributed by atoms with van der Waals surface area (Å²) in [6.45, 7) is 7.71. The van der Waals surface area contributed by atoms with E-state index in [0.29, 0.717) is 6.61 Å². The second-order valence-corrected chi connectivity index (χ2v) is 6.58. The quantitative estimate of drug-likeness (QED) is 0.795. The molecule has 0 N–H and O–H groups in total. The van der Waals surface area contributed by atoms with Gasteiger partial charge in [0, 0.05) is 12.8 Å². The van der Waals surface area contributed by atoms with E-state index >= 15 is 0 Å². The Morgan fingerprint density at radius 2 is 2.30 bits per heavy atom. The highest BCUT2D eigenvalue weighted by atomic mass is 35.5. The van der Waals surface area contributed by atoms with Gasteiger partial charge in [-0.25, -0.2) is 9.97 Å². The van der Waals surface area contributed by atoms with Crippen LogP contribution in [-0.4, -0.2) is 27.7 Å². The molecule has 0 bridgehead atoms. The third kappa shape index (κ3) is 2.21. The summed E-state index contributed by atoms with van der Waals surface area (Å²) in [6, 6.07) is 2.06. The summed E-state index contributed by atoms with van der Waals surface area (Å²) in [7, 11) is 0. The van der Waals surface area contributed by atoms with Gasteiger partial charge in [0.15, 0.2) is 5.65 Å². The molecule has 0 radical (unpaired) electrons. The highest BCUT2D eigenvalue weighted by Crippen LogP contribution is 2.35. The Labute approximate surface area is 124 Å². The Kier molecular flexibility index (Phi) is 3.46. The van der Waals surface area contributed by atoms with Crippen LogP contribution in [0.3, 0.4) is 0 Å². The number of imidazole rings is 1. The van der Waals surface area contributed by atoms with Gasteiger partial charge in [-0.3, -0.25) is 0 Å². The van der Waals surface area contributed by atoms with Crippen LogP contribution in [0.25, 0.3) is 11.2 Å². The van der Waals surface area contributed by atoms with Crippen LogP contribution in [0.2, 0.25) is 0 Å². The predicted molar refractivity (Wildman–Crippen MR) is 80.2 cm³/mol. The first-order valence-corrected chi connectivity index (χ1v) is 7.52. The topological polar surface area (TPSA) is 39.9 Å². The summed E-state index contributed by atoms with van der Waals surface area (Å²) < 4.78 is 7.89. The van der Waals surface area contributed by atoms with Crippen molar-refractivity contribution in [1.82, 2.24) is 14.5 Å². The fraction of sp³-hybridized carbons (Fsp3) is 0.600. The molecule has 2 aromatic heterocycles. The summed E-state index contributed by atoms with van der Waals surface area (Å²) in [5.74, 6) is 0.882. The molecule has 2 aromatic rings. The first-order chi connectivity index (χ1) is 9.51. The molecule has 1 aliphatic heterocycles. The minimum atomic E-state index is -0.150. The van der Waals surface area contributed by atoms with Gasteiger partial charge in [0.05, 0.1) is 17.5 Å². The lowest BCUT2D eigenvalue weighted by Crippen LogP contribution is -2.40. The number of ether oxygens (including phenoxy) is 1. The molecular weight excluding hydrogens is 274 g/mol. The van der Waals surface area contributed by atoms with E-state index in [1.165, 1.54) is 0 Å². The van der Waals surface area contributed by atoms with Gasteiger partial charge in [0.1, 0.15) is 11.3 Å². The maximum absolute atomic E-state index is 6.35. The smallest absolute Gasteiger partial charge is 0.160 e. The second kappa shape index (κ2) is 5.01. The van der Waals surface area contributed by atoms with Crippen molar-refractivity contribution in [3.63, 3.8) is 0 Å². The zero-order valence-corrected chi connectivity index (χ0v) is 12.9. The highest BCUT2D eigenvalue weighted by Gasteiger charge is 2.34. The van der Waals surface area contributed by atoms with Crippen LogP contribution in [0.1, 0.15) is 43.5 Å². The average Bonchev–Trinajstić information content (AvgIpc) is 2.79. The minimum Gasteiger partial charge on any atom is -0.379 e. The van der Waals surface area contributed by atoms with Crippen molar-refractivity contribution < 1.29 is 4.74 Å². The van der Waals surface area contributed by atoms with Crippen molar-refractivity contribution in [2.45, 2.75) is 44.5 Å². The van der Waals surface area contributed by atoms with Gasteiger partial charge in [0.25, 0.3) is 0 Å². The molecule has 4 nitrogen and oxygen atoms in total. The van der Waals surface area contributed by atoms with E-state index in [1.54, 1.807) is 0 Å². The molecule has 0 aromatic carbocycles. The Hall–Kier alpha value is -1.13. The van der Waals surface area contributed by atoms with Gasteiger partial charge in [-0.1, -0.05) is 0 Å². The fourth-order valence-electron chi connectivity index (χ4n) is 2.98. The number of halogens is 1. The highest BCUT2D eigenvalue weighted by molar-refractivity contribution is 6.20. The summed E-state index contributed by atoms with van der Waals surface area (Å²) in [4.78, 5) is 9.30. The van der Waals surface area contributed by atoms with Crippen LogP contribution in [-0.2, 0) is 10.3 Å². The van der Waals surface area contributed by atoms with Gasteiger partial charge in [-0.15, -0.1) is 11.6 Å². The number of rotatable bonds is 2. The molecule has 1 saturated heterocycles. The number of nitrogens with zero attached hydrogens (tertiary/aromatic N) is 3. The largest absolute Gasteiger partial charge is 0.379 e. The number of hydrogen-bond acceptors (Lipinski definition) is 3. The van der Waals surface area contributed by atoms with E-state index in [1.807, 2.05) is 20.0 Å². The monoisotopic (exact) mass is 293 g/mol. The molecule has 5 heteroatoms. The number of aromatic nitrogens is 3. The Morgan fingerprint density at radius 3 is 2.95 bits per heavy atom. The molecule has 0 aliphatic carbocycles. The molecule has 2 unspecified atom stereocenters. The van der Waals surface area contributed by atoms with Crippen molar-refractivity contribution in [3.8, 4) is 0 Å². The number of hydrogen-bond donors (Lipinski definition) is 0. The Morgan fingerprint density at radius 1 is 1.50 bits per heavy atom. The summed E-state index contributed by atoms with van der Waals surface area (Å²) in [6.07, 6.45) is 4.00. The number of alkyl halides is 1. The van der Waals surface area contributed by atoms with Crippen molar-refractivity contribution in [1.29, 1.82) is 0 Å². The van der Waals surface area contributed by atoms with Crippen LogP contribution >= 0.6 is 11.6 Å². The van der Waals surface area contributed by atoms with Crippen molar-refractivity contribution >= 4 is 22.8 Å². The fourth-order valence-corrected chi connectivity index (χ4v) is 3.12. The van der Waals surface area contributed by atoms with Gasteiger partial charge < -0.3 is 9.30 Å². The summed E-state index contributed by atoms with van der Waals surface area (Å²) in [5.41, 5.74) is 2.82. The van der Waals surface area contributed by atoms with Crippen LogP contribution in [0, 0.1) is 6.92 Å². The van der Waals surface area contributed by atoms with E-state index in [-0.39, 0.29) is 10.9 Å². The third-order valence-corrected chi connectivity index (χ3v) is 4.17. The van der Waals surface area contributed by atoms with Crippen LogP contribution in [0.4, 0.5) is 0 Å². The molecule has 20 heavy (non-hydrogen) atoms. The van der Waals surface area contributed by atoms with Crippen LogP contribution in [0.15, 0.2) is 12.3 Å². The lowest BCUT2D eigenvalue weighted by molar-refractivity contribution is 0.00988. The molecule has 1 aliphatic rings. The van der Waals surface area contributed by atoms with E-state index in [4.69, 9.17) is 21.3 Å². The van der Waals surface area contributed by atoms with E-state index in [2.05, 4.69) is 22.5 Å². The second-order valence-electron chi connectivity index (χ2n) is 5.93. The Balaban J connectivity index is 2.23. The minimum absolute atomic E-state index is 0.117. The third-order valence-electron chi connectivity index (χ3n) is 3.97. The maximum Gasteiger partial charge on any atom is 0.160 e. The molecule has 2 atom stereocenters. The maximum atomic E-state index is 6.35. The zero-order valence-electron chi connectivity index (χ0n) is 12.2.